The largest absolute Gasteiger partial charge is 0.504 e. The van der Waals surface area contributed by atoms with E-state index in [1.807, 2.05) is 0 Å². The van der Waals surface area contributed by atoms with Crippen LogP contribution in [0.3, 0.4) is 0 Å². The number of carboxylic acid groups (broad SMARTS) is 1. The molecular formula is C9H8O5. The molecule has 0 unspecified atom stereocenters. The first-order chi connectivity index (χ1) is 6.61. The van der Waals surface area contributed by atoms with E-state index in [-0.39, 0.29) is 22.6 Å². The highest BCUT2D eigenvalue weighted by molar-refractivity contribution is 5.99. The molecule has 1 rings (SSSR count). The summed E-state index contributed by atoms with van der Waals surface area (Å²) in [5.74, 6) is -1.63. The Morgan fingerprint density at radius 1 is 1.50 bits per heavy atom. The minimum atomic E-state index is -1.24. The highest BCUT2D eigenvalue weighted by atomic mass is 16.5. The number of carbonyl (C=O) groups is 2. The molecule has 1 aromatic carbocycles. The predicted octanol–water partition coefficient (Wildman–Crippen LogP) is 0.911. The average Bonchev–Trinajstić information content (AvgIpc) is 2.16. The van der Waals surface area contributed by atoms with Crippen molar-refractivity contribution in [2.24, 2.45) is 0 Å². The van der Waals surface area contributed by atoms with Crippen molar-refractivity contribution >= 4 is 12.3 Å². The summed E-state index contributed by atoms with van der Waals surface area (Å²) in [4.78, 5) is 21.3. The van der Waals surface area contributed by atoms with Gasteiger partial charge in [-0.2, -0.15) is 0 Å². The van der Waals surface area contributed by atoms with Gasteiger partial charge in [0, 0.05) is 0 Å². The maximum Gasteiger partial charge on any atom is 0.336 e. The number of hydrogen-bond acceptors (Lipinski definition) is 4. The van der Waals surface area contributed by atoms with Gasteiger partial charge in [0.2, 0.25) is 0 Å². The summed E-state index contributed by atoms with van der Waals surface area (Å²) in [5, 5.41) is 18.0. The standard InChI is InChI=1S/C9H8O5/c1-14-8-6(4-10)5(9(12)13)2-3-7(8)11/h2-4,11H,1H3,(H,12,13). The number of aldehydes is 1. The van der Waals surface area contributed by atoms with Crippen LogP contribution in [-0.4, -0.2) is 29.6 Å². The second-order valence-corrected chi connectivity index (χ2v) is 2.50. The van der Waals surface area contributed by atoms with Crippen LogP contribution in [0.25, 0.3) is 0 Å². The molecule has 0 aliphatic heterocycles. The molecule has 5 nitrogen and oxygen atoms in total. The van der Waals surface area contributed by atoms with Crippen LogP contribution in [-0.2, 0) is 0 Å². The van der Waals surface area contributed by atoms with E-state index in [1.165, 1.54) is 7.11 Å². The van der Waals surface area contributed by atoms with E-state index in [4.69, 9.17) is 9.84 Å². The number of ether oxygens (including phenoxy) is 1. The molecule has 0 saturated carbocycles. The zero-order valence-electron chi connectivity index (χ0n) is 7.35. The summed E-state index contributed by atoms with van der Waals surface area (Å²) >= 11 is 0. The number of aromatic hydroxyl groups is 1. The summed E-state index contributed by atoms with van der Waals surface area (Å²) in [6.45, 7) is 0. The smallest absolute Gasteiger partial charge is 0.336 e. The SMILES string of the molecule is COc1c(O)ccc(C(=O)O)c1C=O. The first kappa shape index (κ1) is 10.0. The van der Waals surface area contributed by atoms with E-state index < -0.39 is 5.97 Å². The lowest BCUT2D eigenvalue weighted by Gasteiger charge is -2.07. The molecule has 0 radical (unpaired) electrons. The second kappa shape index (κ2) is 3.78. The van der Waals surface area contributed by atoms with E-state index in [2.05, 4.69) is 0 Å². The summed E-state index contributed by atoms with van der Waals surface area (Å²) in [7, 11) is 1.24. The molecule has 74 valence electrons. The zero-order valence-corrected chi connectivity index (χ0v) is 7.35. The number of aromatic carboxylic acids is 1. The van der Waals surface area contributed by atoms with Crippen LogP contribution in [0.15, 0.2) is 12.1 Å². The van der Waals surface area contributed by atoms with Crippen LogP contribution < -0.4 is 4.74 Å². The van der Waals surface area contributed by atoms with Gasteiger partial charge in [0.05, 0.1) is 18.2 Å². The molecule has 14 heavy (non-hydrogen) atoms. The maximum atomic E-state index is 10.7. The molecule has 0 fully saturated rings. The van der Waals surface area contributed by atoms with Gasteiger partial charge in [-0.15, -0.1) is 0 Å². The van der Waals surface area contributed by atoms with Crippen LogP contribution in [0.4, 0.5) is 0 Å². The van der Waals surface area contributed by atoms with Crippen LogP contribution >= 0.6 is 0 Å². The van der Waals surface area contributed by atoms with Gasteiger partial charge in [-0.05, 0) is 12.1 Å². The Bertz CT molecular complexity index is 383. The fourth-order valence-corrected chi connectivity index (χ4v) is 1.11. The van der Waals surface area contributed by atoms with E-state index in [1.54, 1.807) is 0 Å². The maximum absolute atomic E-state index is 10.7. The average molecular weight is 196 g/mol. The molecule has 0 aromatic heterocycles. The Morgan fingerprint density at radius 2 is 2.14 bits per heavy atom. The summed E-state index contributed by atoms with van der Waals surface area (Å²) in [6, 6.07) is 2.30. The number of benzene rings is 1. The van der Waals surface area contributed by atoms with Gasteiger partial charge < -0.3 is 14.9 Å². The van der Waals surface area contributed by atoms with Gasteiger partial charge in [-0.25, -0.2) is 4.79 Å². The molecule has 0 bridgehead atoms. The number of phenolic OH excluding ortho intramolecular Hbond substituents is 1. The molecule has 5 heteroatoms. The van der Waals surface area contributed by atoms with Crippen molar-refractivity contribution < 1.29 is 24.5 Å². The monoisotopic (exact) mass is 196 g/mol. The predicted molar refractivity (Wildman–Crippen MR) is 47.0 cm³/mol. The molecule has 0 heterocycles. The zero-order chi connectivity index (χ0) is 10.7. The van der Waals surface area contributed by atoms with E-state index in [0.29, 0.717) is 6.29 Å². The van der Waals surface area contributed by atoms with Crippen molar-refractivity contribution in [2.45, 2.75) is 0 Å². The molecule has 1 aromatic rings. The van der Waals surface area contributed by atoms with Crippen molar-refractivity contribution in [1.82, 2.24) is 0 Å². The number of phenols is 1. The third-order valence-corrected chi connectivity index (χ3v) is 1.73. The van der Waals surface area contributed by atoms with Crippen LogP contribution in [0.2, 0.25) is 0 Å². The summed E-state index contributed by atoms with van der Waals surface area (Å²) in [5.41, 5.74) is -0.366. The first-order valence-corrected chi connectivity index (χ1v) is 3.70. The minimum Gasteiger partial charge on any atom is -0.504 e. The highest BCUT2D eigenvalue weighted by Gasteiger charge is 2.17. The van der Waals surface area contributed by atoms with Gasteiger partial charge in [0.15, 0.2) is 17.8 Å². The topological polar surface area (TPSA) is 83.8 Å². The molecule has 0 atom stereocenters. The van der Waals surface area contributed by atoms with Crippen molar-refractivity contribution in [1.29, 1.82) is 0 Å². The normalized spacial score (nSPS) is 9.50. The number of carbonyl (C=O) groups excluding carboxylic acids is 1. The van der Waals surface area contributed by atoms with Gasteiger partial charge in [0.25, 0.3) is 0 Å². The van der Waals surface area contributed by atoms with Crippen LogP contribution in [0.1, 0.15) is 20.7 Å². The molecule has 0 saturated heterocycles. The van der Waals surface area contributed by atoms with Crippen LogP contribution in [0.5, 0.6) is 11.5 Å². The van der Waals surface area contributed by atoms with Crippen molar-refractivity contribution in [3.63, 3.8) is 0 Å². The lowest BCUT2D eigenvalue weighted by atomic mass is 10.1. The number of hydrogen-bond donors (Lipinski definition) is 2. The molecule has 0 amide bonds. The third kappa shape index (κ3) is 1.52. The van der Waals surface area contributed by atoms with Crippen molar-refractivity contribution in [3.8, 4) is 11.5 Å². The van der Waals surface area contributed by atoms with Gasteiger partial charge in [-0.1, -0.05) is 0 Å². The Kier molecular flexibility index (Phi) is 2.71. The number of methoxy groups -OCH3 is 1. The molecule has 0 aliphatic carbocycles. The van der Waals surface area contributed by atoms with Gasteiger partial charge in [-0.3, -0.25) is 4.79 Å². The first-order valence-electron chi connectivity index (χ1n) is 3.70. The summed E-state index contributed by atoms with van der Waals surface area (Å²) < 4.78 is 4.71. The van der Waals surface area contributed by atoms with E-state index in [0.717, 1.165) is 12.1 Å². The minimum absolute atomic E-state index is 0.125. The fourth-order valence-electron chi connectivity index (χ4n) is 1.11. The quantitative estimate of drug-likeness (QED) is 0.702. The molecule has 2 N–H and O–H groups in total. The second-order valence-electron chi connectivity index (χ2n) is 2.50. The molecule has 0 spiro atoms. The number of rotatable bonds is 3. The summed E-state index contributed by atoms with van der Waals surface area (Å²) in [6.07, 6.45) is 0.335. The molecular weight excluding hydrogens is 188 g/mol. The Labute approximate surface area is 79.6 Å². The Balaban J connectivity index is 3.48. The van der Waals surface area contributed by atoms with E-state index in [9.17, 15) is 14.7 Å². The lowest BCUT2D eigenvalue weighted by Crippen LogP contribution is -2.03. The Morgan fingerprint density at radius 3 is 2.57 bits per heavy atom. The van der Waals surface area contributed by atoms with Crippen molar-refractivity contribution in [3.05, 3.63) is 23.3 Å². The van der Waals surface area contributed by atoms with Gasteiger partial charge in [0.1, 0.15) is 0 Å². The van der Waals surface area contributed by atoms with Gasteiger partial charge >= 0.3 is 5.97 Å². The Hall–Kier alpha value is -2.04. The van der Waals surface area contributed by atoms with E-state index >= 15 is 0 Å². The number of carboxylic acids is 1. The lowest BCUT2D eigenvalue weighted by molar-refractivity contribution is 0.0693. The third-order valence-electron chi connectivity index (χ3n) is 1.73. The highest BCUT2D eigenvalue weighted by Crippen LogP contribution is 2.31. The van der Waals surface area contributed by atoms with Crippen LogP contribution in [0, 0.1) is 0 Å². The van der Waals surface area contributed by atoms with Crippen molar-refractivity contribution in [2.75, 3.05) is 7.11 Å². The fraction of sp³-hybridized carbons (Fsp3) is 0.111. The molecule has 0 aliphatic rings.